The van der Waals surface area contributed by atoms with Crippen molar-refractivity contribution in [1.82, 2.24) is 9.78 Å². The van der Waals surface area contributed by atoms with Gasteiger partial charge in [0, 0.05) is 13.1 Å². The van der Waals surface area contributed by atoms with Crippen molar-refractivity contribution in [3.05, 3.63) is 51.9 Å². The molecule has 1 aromatic carbocycles. The van der Waals surface area contributed by atoms with E-state index in [4.69, 9.17) is 11.6 Å². The van der Waals surface area contributed by atoms with Crippen LogP contribution < -0.4 is 10.5 Å². The van der Waals surface area contributed by atoms with E-state index in [1.165, 1.54) is 11.1 Å². The van der Waals surface area contributed by atoms with Crippen LogP contribution in [-0.2, 0) is 0 Å². The van der Waals surface area contributed by atoms with E-state index in [0.717, 1.165) is 24.5 Å². The number of anilines is 1. The van der Waals surface area contributed by atoms with Crippen molar-refractivity contribution in [2.24, 2.45) is 11.8 Å². The van der Waals surface area contributed by atoms with Crippen LogP contribution in [0.1, 0.15) is 20.3 Å². The first-order valence-electron chi connectivity index (χ1n) is 7.64. The zero-order chi connectivity index (χ0) is 15.7. The van der Waals surface area contributed by atoms with E-state index in [1.807, 2.05) is 30.3 Å². The number of piperidine rings is 1. The topological polar surface area (TPSA) is 38.1 Å². The van der Waals surface area contributed by atoms with Crippen LogP contribution in [0.5, 0.6) is 0 Å². The van der Waals surface area contributed by atoms with Gasteiger partial charge < -0.3 is 4.90 Å². The monoisotopic (exact) mass is 317 g/mol. The third kappa shape index (κ3) is 2.88. The van der Waals surface area contributed by atoms with Gasteiger partial charge in [-0.25, -0.2) is 0 Å². The minimum absolute atomic E-state index is 0.250. The second-order valence-corrected chi connectivity index (χ2v) is 6.63. The summed E-state index contributed by atoms with van der Waals surface area (Å²) >= 11 is 6.36. The molecule has 1 aromatic heterocycles. The summed E-state index contributed by atoms with van der Waals surface area (Å²) in [5.41, 5.74) is 1.20. The van der Waals surface area contributed by atoms with Crippen molar-refractivity contribution >= 4 is 17.3 Å². The molecule has 0 radical (unpaired) electrons. The molecule has 0 bridgehead atoms. The quantitative estimate of drug-likeness (QED) is 0.852. The van der Waals surface area contributed by atoms with Gasteiger partial charge in [0.25, 0.3) is 5.56 Å². The lowest BCUT2D eigenvalue weighted by Crippen LogP contribution is -2.40. The summed E-state index contributed by atoms with van der Waals surface area (Å²) in [6.07, 6.45) is 2.92. The average molecular weight is 318 g/mol. The van der Waals surface area contributed by atoms with Crippen LogP contribution in [0.25, 0.3) is 5.69 Å². The molecule has 2 heterocycles. The predicted octanol–water partition coefficient (Wildman–Crippen LogP) is 3.37. The molecule has 4 nitrogen and oxygen atoms in total. The highest BCUT2D eigenvalue weighted by Gasteiger charge is 2.25. The molecule has 2 aromatic rings. The SMILES string of the molecule is CC1CC(C)CN(c2cnn(-c3ccccc3)c(=O)c2Cl)C1. The third-order valence-electron chi connectivity index (χ3n) is 4.11. The van der Waals surface area contributed by atoms with Crippen molar-refractivity contribution < 1.29 is 0 Å². The molecule has 1 aliphatic heterocycles. The van der Waals surface area contributed by atoms with E-state index < -0.39 is 0 Å². The molecule has 2 unspecified atom stereocenters. The van der Waals surface area contributed by atoms with Crippen LogP contribution in [0.3, 0.4) is 0 Å². The van der Waals surface area contributed by atoms with E-state index in [-0.39, 0.29) is 10.6 Å². The fraction of sp³-hybridized carbons (Fsp3) is 0.412. The fourth-order valence-electron chi connectivity index (χ4n) is 3.26. The zero-order valence-corrected chi connectivity index (χ0v) is 13.6. The highest BCUT2D eigenvalue weighted by Crippen LogP contribution is 2.29. The Kier molecular flexibility index (Phi) is 4.21. The lowest BCUT2D eigenvalue weighted by Gasteiger charge is -2.36. The van der Waals surface area contributed by atoms with Gasteiger partial charge in [-0.15, -0.1) is 0 Å². The summed E-state index contributed by atoms with van der Waals surface area (Å²) in [6, 6.07) is 9.34. The van der Waals surface area contributed by atoms with E-state index in [9.17, 15) is 4.79 Å². The van der Waals surface area contributed by atoms with Crippen molar-refractivity contribution in [3.63, 3.8) is 0 Å². The molecule has 0 amide bonds. The molecule has 1 fully saturated rings. The number of aromatic nitrogens is 2. The second-order valence-electron chi connectivity index (χ2n) is 6.25. The van der Waals surface area contributed by atoms with Crippen molar-refractivity contribution in [1.29, 1.82) is 0 Å². The first-order valence-corrected chi connectivity index (χ1v) is 8.02. The molecular weight excluding hydrogens is 298 g/mol. The second kappa shape index (κ2) is 6.13. The summed E-state index contributed by atoms with van der Waals surface area (Å²) in [5.74, 6) is 1.19. The van der Waals surface area contributed by atoms with Crippen molar-refractivity contribution in [3.8, 4) is 5.69 Å². The first kappa shape index (κ1) is 15.1. The Morgan fingerprint density at radius 1 is 1.14 bits per heavy atom. The van der Waals surface area contributed by atoms with Gasteiger partial charge in [-0.3, -0.25) is 4.79 Å². The molecule has 1 aliphatic rings. The summed E-state index contributed by atoms with van der Waals surface area (Å²) in [4.78, 5) is 14.7. The molecule has 0 spiro atoms. The van der Waals surface area contributed by atoms with Crippen LogP contribution in [0, 0.1) is 11.8 Å². The smallest absolute Gasteiger partial charge is 0.292 e. The van der Waals surface area contributed by atoms with Crippen LogP contribution in [0.15, 0.2) is 41.3 Å². The number of rotatable bonds is 2. The number of halogens is 1. The number of benzene rings is 1. The van der Waals surface area contributed by atoms with E-state index in [1.54, 1.807) is 6.20 Å². The number of hydrogen-bond donors (Lipinski definition) is 0. The fourth-order valence-corrected chi connectivity index (χ4v) is 3.51. The summed E-state index contributed by atoms with van der Waals surface area (Å²) < 4.78 is 1.35. The molecule has 1 saturated heterocycles. The summed E-state index contributed by atoms with van der Waals surface area (Å²) in [5, 5.41) is 4.56. The Morgan fingerprint density at radius 2 is 1.77 bits per heavy atom. The third-order valence-corrected chi connectivity index (χ3v) is 4.47. The standard InChI is InChI=1S/C17H20ClN3O/c1-12-8-13(2)11-20(10-12)15-9-19-21(17(22)16(15)18)14-6-4-3-5-7-14/h3-7,9,12-13H,8,10-11H2,1-2H3. The maximum absolute atomic E-state index is 12.5. The van der Waals surface area contributed by atoms with Crippen LogP contribution in [-0.4, -0.2) is 22.9 Å². The van der Waals surface area contributed by atoms with Gasteiger partial charge in [0.05, 0.1) is 17.6 Å². The Hall–Kier alpha value is -1.81. The maximum Gasteiger partial charge on any atom is 0.292 e. The number of hydrogen-bond acceptors (Lipinski definition) is 3. The Morgan fingerprint density at radius 3 is 2.41 bits per heavy atom. The predicted molar refractivity (Wildman–Crippen MR) is 90.0 cm³/mol. The first-order chi connectivity index (χ1) is 10.6. The minimum atomic E-state index is -0.267. The largest absolute Gasteiger partial charge is 0.368 e. The van der Waals surface area contributed by atoms with Crippen LogP contribution in [0.2, 0.25) is 5.02 Å². The van der Waals surface area contributed by atoms with Gasteiger partial charge >= 0.3 is 0 Å². The van der Waals surface area contributed by atoms with E-state index >= 15 is 0 Å². The highest BCUT2D eigenvalue weighted by atomic mass is 35.5. The van der Waals surface area contributed by atoms with E-state index in [2.05, 4.69) is 23.8 Å². The minimum Gasteiger partial charge on any atom is -0.368 e. The van der Waals surface area contributed by atoms with Gasteiger partial charge in [0.2, 0.25) is 0 Å². The Labute approximate surface area is 135 Å². The molecule has 116 valence electrons. The van der Waals surface area contributed by atoms with Gasteiger partial charge in [0.15, 0.2) is 0 Å². The Bertz CT molecular complexity index is 704. The molecule has 0 saturated carbocycles. The number of nitrogens with zero attached hydrogens (tertiary/aromatic N) is 3. The molecule has 0 N–H and O–H groups in total. The van der Waals surface area contributed by atoms with Gasteiger partial charge in [-0.1, -0.05) is 43.6 Å². The normalized spacial score (nSPS) is 21.9. The Balaban J connectivity index is 1.98. The van der Waals surface area contributed by atoms with E-state index in [0.29, 0.717) is 11.8 Å². The lowest BCUT2D eigenvalue weighted by atomic mass is 9.92. The number of para-hydroxylation sites is 1. The molecule has 22 heavy (non-hydrogen) atoms. The zero-order valence-electron chi connectivity index (χ0n) is 12.9. The van der Waals surface area contributed by atoms with Crippen molar-refractivity contribution in [2.75, 3.05) is 18.0 Å². The lowest BCUT2D eigenvalue weighted by molar-refractivity contribution is 0.356. The van der Waals surface area contributed by atoms with Crippen LogP contribution >= 0.6 is 11.6 Å². The highest BCUT2D eigenvalue weighted by molar-refractivity contribution is 6.33. The summed E-state index contributed by atoms with van der Waals surface area (Å²) in [7, 11) is 0. The summed E-state index contributed by atoms with van der Waals surface area (Å²) in [6.45, 7) is 6.30. The molecule has 5 heteroatoms. The molecule has 3 rings (SSSR count). The molecule has 2 atom stereocenters. The van der Waals surface area contributed by atoms with Crippen LogP contribution in [0.4, 0.5) is 5.69 Å². The van der Waals surface area contributed by atoms with Gasteiger partial charge in [-0.05, 0) is 30.4 Å². The molecular formula is C17H20ClN3O. The van der Waals surface area contributed by atoms with Crippen molar-refractivity contribution in [2.45, 2.75) is 20.3 Å². The van der Waals surface area contributed by atoms with Gasteiger partial charge in [-0.2, -0.15) is 9.78 Å². The molecule has 0 aliphatic carbocycles. The van der Waals surface area contributed by atoms with Gasteiger partial charge in [0.1, 0.15) is 5.02 Å². The average Bonchev–Trinajstić information content (AvgIpc) is 2.50. The maximum atomic E-state index is 12.5.